The average molecular weight is 457 g/mol. The van der Waals surface area contributed by atoms with Gasteiger partial charge in [-0.3, -0.25) is 19.8 Å². The number of nitrogens with one attached hydrogen (secondary N) is 1. The Morgan fingerprint density at radius 3 is 2.62 bits per heavy atom. The van der Waals surface area contributed by atoms with Crippen LogP contribution in [0.25, 0.3) is 6.08 Å². The Bertz CT molecular complexity index is 1010. The molecule has 168 valence electrons. The largest absolute Gasteiger partial charge is 0.493 e. The van der Waals surface area contributed by atoms with Crippen molar-refractivity contribution in [1.29, 1.82) is 0 Å². The third kappa shape index (κ3) is 5.82. The molecule has 32 heavy (non-hydrogen) atoms. The fourth-order valence-corrected chi connectivity index (χ4v) is 3.54. The molecule has 2 amide bonds. The van der Waals surface area contributed by atoms with E-state index in [9.17, 15) is 14.4 Å². The van der Waals surface area contributed by atoms with Crippen LogP contribution in [0.4, 0.5) is 5.69 Å². The van der Waals surface area contributed by atoms with Gasteiger partial charge in [-0.2, -0.15) is 0 Å². The van der Waals surface area contributed by atoms with Gasteiger partial charge in [0, 0.05) is 5.75 Å². The Kier molecular flexibility index (Phi) is 8.15. The number of nitrogens with zero attached hydrogens (tertiary/aromatic N) is 1. The predicted molar refractivity (Wildman–Crippen MR) is 122 cm³/mol. The van der Waals surface area contributed by atoms with Crippen molar-refractivity contribution in [3.05, 3.63) is 59.7 Å². The molecule has 1 aliphatic heterocycles. The maximum absolute atomic E-state index is 12.7. The van der Waals surface area contributed by atoms with Gasteiger partial charge in [0.2, 0.25) is 0 Å². The maximum Gasteiger partial charge on any atom is 0.315 e. The van der Waals surface area contributed by atoms with Gasteiger partial charge in [-0.05, 0) is 42.8 Å². The molecule has 1 saturated heterocycles. The number of hydrogen-bond donors (Lipinski definition) is 1. The molecule has 2 aromatic rings. The van der Waals surface area contributed by atoms with E-state index in [1.165, 1.54) is 30.0 Å². The highest BCUT2D eigenvalue weighted by molar-refractivity contribution is 7.99. The highest BCUT2D eigenvalue weighted by Gasteiger charge is 2.34. The lowest BCUT2D eigenvalue weighted by molar-refractivity contribution is -0.139. The van der Waals surface area contributed by atoms with Crippen molar-refractivity contribution in [3.8, 4) is 11.5 Å². The summed E-state index contributed by atoms with van der Waals surface area (Å²) in [4.78, 5) is 36.4. The molecule has 1 N–H and O–H groups in total. The molecule has 9 heteroatoms. The summed E-state index contributed by atoms with van der Waals surface area (Å²) in [5, 5.41) is 1.22. The number of ether oxygens (including phenoxy) is 3. The van der Waals surface area contributed by atoms with Gasteiger partial charge in [-0.1, -0.05) is 24.3 Å². The molecule has 0 saturated carbocycles. The number of hydrogen-bond acceptors (Lipinski definition) is 7. The Morgan fingerprint density at radius 2 is 1.91 bits per heavy atom. The molecule has 3 rings (SSSR count). The number of esters is 1. The quantitative estimate of drug-likeness (QED) is 0.254. The summed E-state index contributed by atoms with van der Waals surface area (Å²) in [5.74, 6) is 0.731. The first-order valence-corrected chi connectivity index (χ1v) is 11.1. The van der Waals surface area contributed by atoms with E-state index in [1.54, 1.807) is 49.4 Å². The summed E-state index contributed by atoms with van der Waals surface area (Å²) in [6.45, 7) is 2.52. The first-order valence-electron chi connectivity index (χ1n) is 10.00. The molecule has 8 nitrogen and oxygen atoms in total. The second kappa shape index (κ2) is 11.2. The van der Waals surface area contributed by atoms with Crippen LogP contribution in [0.5, 0.6) is 11.5 Å². The summed E-state index contributed by atoms with van der Waals surface area (Å²) in [6, 6.07) is 14.0. The molecular formula is C23H24N2O6S. The van der Waals surface area contributed by atoms with Crippen LogP contribution in [0.1, 0.15) is 12.5 Å². The first-order chi connectivity index (χ1) is 15.5. The minimum atomic E-state index is -0.475. The summed E-state index contributed by atoms with van der Waals surface area (Å²) in [5.41, 5.74) is 3.80. The molecular weight excluding hydrogens is 432 g/mol. The average Bonchev–Trinajstić information content (AvgIpc) is 3.08. The molecule has 0 bridgehead atoms. The van der Waals surface area contributed by atoms with E-state index in [1.807, 2.05) is 6.07 Å². The molecule has 1 fully saturated rings. The zero-order valence-electron chi connectivity index (χ0n) is 17.8. The van der Waals surface area contributed by atoms with E-state index >= 15 is 0 Å². The lowest BCUT2D eigenvalue weighted by Crippen LogP contribution is -2.35. The van der Waals surface area contributed by atoms with Gasteiger partial charge in [-0.15, -0.1) is 11.8 Å². The molecule has 0 radical (unpaired) electrons. The SMILES string of the molecule is CCOC(=O)CSCCOc1ccc(/C=C2/C(=O)NN(c3ccccc3)C2=O)cc1OC. The number of anilines is 1. The standard InChI is InChI=1S/C23H24N2O6S/c1-3-30-21(26)15-32-12-11-31-19-10-9-16(14-20(19)29-2)13-18-22(27)24-25(23(18)28)17-7-5-4-6-8-17/h4-10,13-14H,3,11-12,15H2,1-2H3,(H,24,27)/b18-13-. The molecule has 0 spiro atoms. The Labute approximate surface area is 190 Å². The fraction of sp³-hybridized carbons (Fsp3) is 0.261. The van der Waals surface area contributed by atoms with Crippen LogP contribution in [0.3, 0.4) is 0 Å². The van der Waals surface area contributed by atoms with Gasteiger partial charge in [0.15, 0.2) is 11.5 Å². The second-order valence-corrected chi connectivity index (χ2v) is 7.70. The molecule has 1 heterocycles. The number of hydrazine groups is 1. The smallest absolute Gasteiger partial charge is 0.315 e. The Morgan fingerprint density at radius 1 is 1.12 bits per heavy atom. The van der Waals surface area contributed by atoms with E-state index in [0.29, 0.717) is 41.7 Å². The third-order valence-electron chi connectivity index (χ3n) is 4.42. The predicted octanol–water partition coefficient (Wildman–Crippen LogP) is 2.83. The first kappa shape index (κ1) is 23.2. The summed E-state index contributed by atoms with van der Waals surface area (Å²) in [7, 11) is 1.51. The van der Waals surface area contributed by atoms with Crippen molar-refractivity contribution in [2.24, 2.45) is 0 Å². The van der Waals surface area contributed by atoms with E-state index in [-0.39, 0.29) is 17.3 Å². The third-order valence-corrected chi connectivity index (χ3v) is 5.31. The fourth-order valence-electron chi connectivity index (χ4n) is 2.94. The number of benzene rings is 2. The molecule has 0 aliphatic carbocycles. The van der Waals surface area contributed by atoms with Crippen LogP contribution in [-0.2, 0) is 19.1 Å². The zero-order valence-corrected chi connectivity index (χ0v) is 18.6. The lowest BCUT2D eigenvalue weighted by atomic mass is 10.1. The van der Waals surface area contributed by atoms with Crippen LogP contribution < -0.4 is 19.9 Å². The van der Waals surface area contributed by atoms with Gasteiger partial charge in [0.05, 0.1) is 31.8 Å². The highest BCUT2D eigenvalue weighted by atomic mass is 32.2. The normalized spacial score (nSPS) is 14.4. The Hall–Kier alpha value is -3.46. The van der Waals surface area contributed by atoms with E-state index < -0.39 is 11.8 Å². The number of thioether (sulfide) groups is 1. The van der Waals surface area contributed by atoms with Crippen molar-refractivity contribution in [3.63, 3.8) is 0 Å². The van der Waals surface area contributed by atoms with Gasteiger partial charge in [0.25, 0.3) is 11.8 Å². The minimum Gasteiger partial charge on any atom is -0.493 e. The highest BCUT2D eigenvalue weighted by Crippen LogP contribution is 2.30. The number of methoxy groups -OCH3 is 1. The van der Waals surface area contributed by atoms with Crippen LogP contribution in [0.2, 0.25) is 0 Å². The van der Waals surface area contributed by atoms with Crippen LogP contribution >= 0.6 is 11.8 Å². The van der Waals surface area contributed by atoms with Crippen molar-refractivity contribution < 1.29 is 28.6 Å². The number of carbonyl (C=O) groups excluding carboxylic acids is 3. The lowest BCUT2D eigenvalue weighted by Gasteiger charge is -2.14. The maximum atomic E-state index is 12.7. The summed E-state index contributed by atoms with van der Waals surface area (Å²) < 4.78 is 16.0. The number of rotatable bonds is 10. The Balaban J connectivity index is 1.64. The monoisotopic (exact) mass is 456 g/mol. The van der Waals surface area contributed by atoms with Crippen LogP contribution in [0, 0.1) is 0 Å². The topological polar surface area (TPSA) is 94.2 Å². The van der Waals surface area contributed by atoms with Gasteiger partial charge in [0.1, 0.15) is 5.57 Å². The van der Waals surface area contributed by atoms with Gasteiger partial charge in [-0.25, -0.2) is 5.01 Å². The van der Waals surface area contributed by atoms with E-state index in [4.69, 9.17) is 14.2 Å². The van der Waals surface area contributed by atoms with Crippen molar-refractivity contribution >= 4 is 41.3 Å². The zero-order chi connectivity index (χ0) is 22.9. The van der Waals surface area contributed by atoms with Crippen molar-refractivity contribution in [1.82, 2.24) is 5.43 Å². The summed E-state index contributed by atoms with van der Waals surface area (Å²) in [6.07, 6.45) is 1.52. The number of para-hydroxylation sites is 1. The van der Waals surface area contributed by atoms with Gasteiger partial charge >= 0.3 is 5.97 Å². The van der Waals surface area contributed by atoms with Gasteiger partial charge < -0.3 is 14.2 Å². The minimum absolute atomic E-state index is 0.0277. The van der Waals surface area contributed by atoms with Crippen LogP contribution in [-0.4, -0.2) is 49.6 Å². The second-order valence-electron chi connectivity index (χ2n) is 6.59. The molecule has 2 aromatic carbocycles. The molecule has 0 aromatic heterocycles. The molecule has 0 unspecified atom stereocenters. The van der Waals surface area contributed by atoms with E-state index in [2.05, 4.69) is 5.43 Å². The van der Waals surface area contributed by atoms with Crippen LogP contribution in [0.15, 0.2) is 54.1 Å². The van der Waals surface area contributed by atoms with Crippen molar-refractivity contribution in [2.75, 3.05) is 36.8 Å². The summed E-state index contributed by atoms with van der Waals surface area (Å²) >= 11 is 1.42. The number of amides is 2. The molecule has 0 atom stereocenters. The van der Waals surface area contributed by atoms with Crippen molar-refractivity contribution in [2.45, 2.75) is 6.92 Å². The van der Waals surface area contributed by atoms with E-state index in [0.717, 1.165) is 0 Å². The molecule has 1 aliphatic rings. The number of carbonyl (C=O) groups is 3.